The van der Waals surface area contributed by atoms with Gasteiger partial charge in [-0.05, 0) is 30.9 Å². The zero-order valence-corrected chi connectivity index (χ0v) is 9.65. The van der Waals surface area contributed by atoms with E-state index in [1.807, 2.05) is 0 Å². The van der Waals surface area contributed by atoms with Gasteiger partial charge in [0.25, 0.3) is 0 Å². The number of aliphatic hydroxyl groups is 1. The second-order valence-electron chi connectivity index (χ2n) is 3.63. The van der Waals surface area contributed by atoms with Crippen molar-refractivity contribution in [2.75, 3.05) is 6.61 Å². The molecular formula is C12H15ClO3. The van der Waals surface area contributed by atoms with Crippen molar-refractivity contribution in [2.45, 2.75) is 25.2 Å². The van der Waals surface area contributed by atoms with Crippen LogP contribution in [0.1, 0.15) is 30.7 Å². The van der Waals surface area contributed by atoms with Crippen LogP contribution in [-0.4, -0.2) is 22.8 Å². The van der Waals surface area contributed by atoms with Crippen LogP contribution in [0.4, 0.5) is 0 Å². The van der Waals surface area contributed by atoms with E-state index in [0.717, 1.165) is 0 Å². The highest BCUT2D eigenvalue weighted by Crippen LogP contribution is 2.28. The highest BCUT2D eigenvalue weighted by atomic mass is 35.5. The van der Waals surface area contributed by atoms with Gasteiger partial charge in [-0.1, -0.05) is 29.8 Å². The van der Waals surface area contributed by atoms with Crippen molar-refractivity contribution >= 4 is 17.6 Å². The molecular weight excluding hydrogens is 228 g/mol. The Labute approximate surface area is 99.7 Å². The lowest BCUT2D eigenvalue weighted by Gasteiger charge is -2.13. The van der Waals surface area contributed by atoms with Crippen molar-refractivity contribution in [2.24, 2.45) is 0 Å². The van der Waals surface area contributed by atoms with Crippen molar-refractivity contribution < 1.29 is 15.0 Å². The van der Waals surface area contributed by atoms with Crippen molar-refractivity contribution in [1.29, 1.82) is 0 Å². The summed E-state index contributed by atoms with van der Waals surface area (Å²) in [7, 11) is 0. The highest BCUT2D eigenvalue weighted by molar-refractivity contribution is 6.31. The number of carboxylic acids is 1. The fourth-order valence-corrected chi connectivity index (χ4v) is 1.90. The van der Waals surface area contributed by atoms with Crippen molar-refractivity contribution in [1.82, 2.24) is 0 Å². The van der Waals surface area contributed by atoms with Crippen LogP contribution < -0.4 is 0 Å². The number of aliphatic carboxylic acids is 1. The predicted octanol–water partition coefficient (Wildman–Crippen LogP) is 2.67. The van der Waals surface area contributed by atoms with Crippen molar-refractivity contribution in [3.05, 3.63) is 34.9 Å². The Morgan fingerprint density at radius 2 is 2.00 bits per heavy atom. The average molecular weight is 243 g/mol. The Morgan fingerprint density at radius 1 is 1.31 bits per heavy atom. The number of hydrogen-bond acceptors (Lipinski definition) is 2. The number of rotatable bonds is 6. The Hall–Kier alpha value is -1.06. The molecule has 0 aliphatic carbocycles. The molecule has 0 saturated carbocycles. The summed E-state index contributed by atoms with van der Waals surface area (Å²) in [6, 6.07) is 6.99. The molecule has 1 rings (SSSR count). The lowest BCUT2D eigenvalue weighted by Crippen LogP contribution is -2.12. The van der Waals surface area contributed by atoms with Gasteiger partial charge in [-0.25, -0.2) is 0 Å². The maximum absolute atomic E-state index is 11.1. The summed E-state index contributed by atoms with van der Waals surface area (Å²) >= 11 is 5.96. The standard InChI is InChI=1S/C12H15ClO3/c13-11-7-2-1-5-9(11)10(12(15)16)6-3-4-8-14/h1-2,5,7,10,14H,3-4,6,8H2,(H,15,16). The molecule has 1 aromatic carbocycles. The number of hydrogen-bond donors (Lipinski definition) is 2. The van der Waals surface area contributed by atoms with Crippen LogP contribution in [-0.2, 0) is 4.79 Å². The Balaban J connectivity index is 2.78. The summed E-state index contributed by atoms with van der Waals surface area (Å²) in [5.74, 6) is -1.45. The zero-order chi connectivity index (χ0) is 12.0. The Bertz CT molecular complexity index is 352. The van der Waals surface area contributed by atoms with E-state index in [9.17, 15) is 4.79 Å². The maximum Gasteiger partial charge on any atom is 0.311 e. The highest BCUT2D eigenvalue weighted by Gasteiger charge is 2.21. The van der Waals surface area contributed by atoms with E-state index in [1.54, 1.807) is 24.3 Å². The van der Waals surface area contributed by atoms with Crippen LogP contribution in [0.2, 0.25) is 5.02 Å². The minimum Gasteiger partial charge on any atom is -0.481 e. The molecule has 0 amide bonds. The molecule has 2 N–H and O–H groups in total. The van der Waals surface area contributed by atoms with Crippen LogP contribution in [0, 0.1) is 0 Å². The van der Waals surface area contributed by atoms with Gasteiger partial charge in [0.2, 0.25) is 0 Å². The molecule has 0 heterocycles. The molecule has 0 saturated heterocycles. The number of benzene rings is 1. The van der Waals surface area contributed by atoms with E-state index in [1.165, 1.54) is 0 Å². The summed E-state index contributed by atoms with van der Waals surface area (Å²) in [6.07, 6.45) is 1.80. The van der Waals surface area contributed by atoms with E-state index >= 15 is 0 Å². The zero-order valence-electron chi connectivity index (χ0n) is 8.90. The van der Waals surface area contributed by atoms with E-state index in [-0.39, 0.29) is 6.61 Å². The predicted molar refractivity (Wildman–Crippen MR) is 62.8 cm³/mol. The van der Waals surface area contributed by atoms with Gasteiger partial charge < -0.3 is 10.2 Å². The van der Waals surface area contributed by atoms with E-state index < -0.39 is 11.9 Å². The van der Waals surface area contributed by atoms with Gasteiger partial charge in [0.15, 0.2) is 0 Å². The SMILES string of the molecule is O=C(O)C(CCCCO)c1ccccc1Cl. The first kappa shape index (κ1) is 13.0. The van der Waals surface area contributed by atoms with Crippen LogP contribution in [0.3, 0.4) is 0 Å². The molecule has 4 heteroatoms. The maximum atomic E-state index is 11.1. The summed E-state index contributed by atoms with van der Waals surface area (Å²) in [5, 5.41) is 18.3. The number of aliphatic hydroxyl groups excluding tert-OH is 1. The normalized spacial score (nSPS) is 12.4. The minimum absolute atomic E-state index is 0.0921. The summed E-state index contributed by atoms with van der Waals surface area (Å²) in [6.45, 7) is 0.0921. The molecule has 0 aromatic heterocycles. The van der Waals surface area contributed by atoms with Gasteiger partial charge in [0.05, 0.1) is 5.92 Å². The van der Waals surface area contributed by atoms with Crippen LogP contribution in [0.5, 0.6) is 0 Å². The molecule has 0 aliphatic rings. The number of halogens is 1. The molecule has 1 atom stereocenters. The quantitative estimate of drug-likeness (QED) is 0.754. The molecule has 1 aromatic rings. The van der Waals surface area contributed by atoms with Crippen molar-refractivity contribution in [3.8, 4) is 0 Å². The Kier molecular flexibility index (Phi) is 5.29. The second kappa shape index (κ2) is 6.51. The van der Waals surface area contributed by atoms with Crippen LogP contribution in [0.25, 0.3) is 0 Å². The molecule has 16 heavy (non-hydrogen) atoms. The summed E-state index contributed by atoms with van der Waals surface area (Å²) in [5.41, 5.74) is 0.648. The number of carbonyl (C=O) groups is 1. The summed E-state index contributed by atoms with van der Waals surface area (Å²) < 4.78 is 0. The third-order valence-electron chi connectivity index (χ3n) is 2.48. The lowest BCUT2D eigenvalue weighted by molar-refractivity contribution is -0.139. The van der Waals surface area contributed by atoms with Gasteiger partial charge in [-0.2, -0.15) is 0 Å². The third-order valence-corrected chi connectivity index (χ3v) is 2.82. The van der Waals surface area contributed by atoms with Gasteiger partial charge >= 0.3 is 5.97 Å². The molecule has 1 unspecified atom stereocenters. The molecule has 0 fully saturated rings. The number of unbranched alkanes of at least 4 members (excludes halogenated alkanes) is 1. The van der Waals surface area contributed by atoms with Crippen LogP contribution >= 0.6 is 11.6 Å². The van der Waals surface area contributed by atoms with Gasteiger partial charge in [0, 0.05) is 11.6 Å². The number of carboxylic acid groups (broad SMARTS) is 1. The van der Waals surface area contributed by atoms with E-state index in [2.05, 4.69) is 0 Å². The molecule has 0 bridgehead atoms. The van der Waals surface area contributed by atoms with Crippen molar-refractivity contribution in [3.63, 3.8) is 0 Å². The topological polar surface area (TPSA) is 57.5 Å². The fraction of sp³-hybridized carbons (Fsp3) is 0.417. The molecule has 0 radical (unpaired) electrons. The first-order valence-electron chi connectivity index (χ1n) is 5.25. The third kappa shape index (κ3) is 3.51. The monoisotopic (exact) mass is 242 g/mol. The van der Waals surface area contributed by atoms with E-state index in [0.29, 0.717) is 29.8 Å². The molecule has 88 valence electrons. The first-order chi connectivity index (χ1) is 7.66. The van der Waals surface area contributed by atoms with E-state index in [4.69, 9.17) is 21.8 Å². The molecule has 3 nitrogen and oxygen atoms in total. The van der Waals surface area contributed by atoms with Gasteiger partial charge in [-0.15, -0.1) is 0 Å². The minimum atomic E-state index is -0.869. The van der Waals surface area contributed by atoms with Gasteiger partial charge in [0.1, 0.15) is 0 Å². The smallest absolute Gasteiger partial charge is 0.311 e. The molecule has 0 spiro atoms. The largest absolute Gasteiger partial charge is 0.481 e. The Morgan fingerprint density at radius 3 is 2.56 bits per heavy atom. The average Bonchev–Trinajstić information content (AvgIpc) is 2.25. The van der Waals surface area contributed by atoms with Gasteiger partial charge in [-0.3, -0.25) is 4.79 Å². The van der Waals surface area contributed by atoms with Crippen LogP contribution in [0.15, 0.2) is 24.3 Å². The second-order valence-corrected chi connectivity index (χ2v) is 4.04. The molecule has 0 aliphatic heterocycles. The first-order valence-corrected chi connectivity index (χ1v) is 5.62. The summed E-state index contributed by atoms with van der Waals surface area (Å²) in [4.78, 5) is 11.1. The lowest BCUT2D eigenvalue weighted by atomic mass is 9.93. The fourth-order valence-electron chi connectivity index (χ4n) is 1.63.